The third-order valence-electron chi connectivity index (χ3n) is 4.44. The summed E-state index contributed by atoms with van der Waals surface area (Å²) in [5.74, 6) is -1.25. The fourth-order valence-corrected chi connectivity index (χ4v) is 3.60. The van der Waals surface area contributed by atoms with Crippen LogP contribution < -0.4 is 5.32 Å². The molecule has 142 valence electrons. The van der Waals surface area contributed by atoms with E-state index < -0.39 is 5.82 Å². The Hall–Kier alpha value is -1.82. The van der Waals surface area contributed by atoms with Gasteiger partial charge in [-0.3, -0.25) is 9.59 Å². The van der Waals surface area contributed by atoms with E-state index in [0.29, 0.717) is 35.7 Å². The van der Waals surface area contributed by atoms with Crippen LogP contribution in [-0.2, 0) is 4.79 Å². The number of amides is 2. The Bertz CT molecular complexity index is 874. The first-order valence-corrected chi connectivity index (χ1v) is 9.49. The second-order valence-corrected chi connectivity index (χ2v) is 7.55. The maximum atomic E-state index is 13.0. The molecule has 1 unspecified atom stereocenters. The van der Waals surface area contributed by atoms with Gasteiger partial charge in [0.2, 0.25) is 5.91 Å². The van der Waals surface area contributed by atoms with Crippen LogP contribution >= 0.6 is 34.8 Å². The predicted molar refractivity (Wildman–Crippen MR) is 105 cm³/mol. The molecule has 1 aliphatic heterocycles. The summed E-state index contributed by atoms with van der Waals surface area (Å²) in [6.07, 6.45) is 1.35. The quantitative estimate of drug-likeness (QED) is 0.675. The van der Waals surface area contributed by atoms with Gasteiger partial charge in [0.05, 0.1) is 26.7 Å². The smallest absolute Gasteiger partial charge is 0.253 e. The van der Waals surface area contributed by atoms with Gasteiger partial charge in [-0.15, -0.1) is 0 Å². The van der Waals surface area contributed by atoms with E-state index in [0.717, 1.165) is 0 Å². The molecule has 0 aliphatic carbocycles. The topological polar surface area (TPSA) is 49.4 Å². The van der Waals surface area contributed by atoms with Crippen molar-refractivity contribution < 1.29 is 14.0 Å². The van der Waals surface area contributed by atoms with Crippen molar-refractivity contribution >= 4 is 52.3 Å². The van der Waals surface area contributed by atoms with E-state index in [1.807, 2.05) is 0 Å². The summed E-state index contributed by atoms with van der Waals surface area (Å²) in [5.41, 5.74) is 0.767. The van der Waals surface area contributed by atoms with E-state index in [2.05, 4.69) is 5.32 Å². The minimum absolute atomic E-state index is 0.222. The summed E-state index contributed by atoms with van der Waals surface area (Å²) in [4.78, 5) is 26.8. The number of hydrogen-bond acceptors (Lipinski definition) is 2. The van der Waals surface area contributed by atoms with E-state index in [-0.39, 0.29) is 34.3 Å². The summed E-state index contributed by atoms with van der Waals surface area (Å²) >= 11 is 18.0. The van der Waals surface area contributed by atoms with Gasteiger partial charge in [0.25, 0.3) is 5.91 Å². The van der Waals surface area contributed by atoms with Gasteiger partial charge in [0.15, 0.2) is 0 Å². The molecule has 0 saturated carbocycles. The Morgan fingerprint density at radius 1 is 1.04 bits per heavy atom. The van der Waals surface area contributed by atoms with Gasteiger partial charge >= 0.3 is 0 Å². The SMILES string of the molecule is O=C(Nc1cc(Cl)c(Cl)cc1Cl)C1CCCN(C(=O)c2ccc(F)cc2)C1. The minimum atomic E-state index is -0.402. The van der Waals surface area contributed by atoms with E-state index >= 15 is 0 Å². The summed E-state index contributed by atoms with van der Waals surface area (Å²) < 4.78 is 13.0. The standard InChI is InChI=1S/C19H16Cl3FN2O2/c20-14-8-16(22)17(9-15(14)21)24-18(26)12-2-1-7-25(10-12)19(27)11-3-5-13(23)6-4-11/h3-6,8-9,12H,1-2,7,10H2,(H,24,26). The lowest BCUT2D eigenvalue weighted by Crippen LogP contribution is -2.43. The molecular weight excluding hydrogens is 414 g/mol. The number of nitrogens with one attached hydrogen (secondary N) is 1. The van der Waals surface area contributed by atoms with E-state index in [1.54, 1.807) is 4.90 Å². The molecule has 0 aromatic heterocycles. The van der Waals surface area contributed by atoms with Crippen LogP contribution in [0.3, 0.4) is 0 Å². The maximum Gasteiger partial charge on any atom is 0.253 e. The number of halogens is 4. The highest BCUT2D eigenvalue weighted by Crippen LogP contribution is 2.33. The molecule has 27 heavy (non-hydrogen) atoms. The molecule has 0 spiro atoms. The highest BCUT2D eigenvalue weighted by atomic mass is 35.5. The van der Waals surface area contributed by atoms with Crippen LogP contribution in [0.15, 0.2) is 36.4 Å². The number of anilines is 1. The number of likely N-dealkylation sites (tertiary alicyclic amines) is 1. The molecule has 0 bridgehead atoms. The van der Waals surface area contributed by atoms with Crippen molar-refractivity contribution in [2.45, 2.75) is 12.8 Å². The van der Waals surface area contributed by atoms with Crippen LogP contribution in [0.1, 0.15) is 23.2 Å². The zero-order chi connectivity index (χ0) is 19.6. The number of piperidine rings is 1. The number of hydrogen-bond donors (Lipinski definition) is 1. The maximum absolute atomic E-state index is 13.0. The van der Waals surface area contributed by atoms with Gasteiger partial charge < -0.3 is 10.2 Å². The largest absolute Gasteiger partial charge is 0.338 e. The first-order valence-electron chi connectivity index (χ1n) is 8.35. The molecule has 1 saturated heterocycles. The first-order chi connectivity index (χ1) is 12.8. The van der Waals surface area contributed by atoms with Crippen LogP contribution in [0.2, 0.25) is 15.1 Å². The van der Waals surface area contributed by atoms with Gasteiger partial charge in [0, 0.05) is 18.7 Å². The number of benzene rings is 2. The van der Waals surface area contributed by atoms with E-state index in [9.17, 15) is 14.0 Å². The van der Waals surface area contributed by atoms with Crippen molar-refractivity contribution in [2.75, 3.05) is 18.4 Å². The Balaban J connectivity index is 1.68. The third kappa shape index (κ3) is 4.72. The second kappa shape index (κ2) is 8.46. The third-order valence-corrected chi connectivity index (χ3v) is 5.47. The second-order valence-electron chi connectivity index (χ2n) is 6.33. The molecule has 4 nitrogen and oxygen atoms in total. The van der Waals surface area contributed by atoms with Gasteiger partial charge in [0.1, 0.15) is 5.82 Å². The van der Waals surface area contributed by atoms with Gasteiger partial charge in [-0.2, -0.15) is 0 Å². The monoisotopic (exact) mass is 428 g/mol. The summed E-state index contributed by atoms with van der Waals surface area (Å²) in [7, 11) is 0. The fraction of sp³-hybridized carbons (Fsp3) is 0.263. The summed E-state index contributed by atoms with van der Waals surface area (Å²) in [6.45, 7) is 0.828. The molecule has 8 heteroatoms. The molecule has 2 aromatic rings. The Kier molecular flexibility index (Phi) is 6.25. The molecule has 1 fully saturated rings. The zero-order valence-corrected chi connectivity index (χ0v) is 16.4. The van der Waals surface area contributed by atoms with Gasteiger partial charge in [-0.05, 0) is 49.2 Å². The lowest BCUT2D eigenvalue weighted by atomic mass is 9.96. The van der Waals surface area contributed by atoms with E-state index in [1.165, 1.54) is 36.4 Å². The molecular formula is C19H16Cl3FN2O2. The van der Waals surface area contributed by atoms with Gasteiger partial charge in [-0.1, -0.05) is 34.8 Å². The van der Waals surface area contributed by atoms with Crippen LogP contribution in [0.25, 0.3) is 0 Å². The number of carbonyl (C=O) groups excluding carboxylic acids is 2. The lowest BCUT2D eigenvalue weighted by Gasteiger charge is -2.32. The zero-order valence-electron chi connectivity index (χ0n) is 14.1. The van der Waals surface area contributed by atoms with Crippen molar-refractivity contribution in [3.8, 4) is 0 Å². The van der Waals surface area contributed by atoms with Crippen LogP contribution in [-0.4, -0.2) is 29.8 Å². The van der Waals surface area contributed by atoms with Crippen LogP contribution in [0.4, 0.5) is 10.1 Å². The highest BCUT2D eigenvalue weighted by Gasteiger charge is 2.29. The normalized spacial score (nSPS) is 16.9. The minimum Gasteiger partial charge on any atom is -0.338 e. The highest BCUT2D eigenvalue weighted by molar-refractivity contribution is 6.44. The number of rotatable bonds is 3. The Labute approximate surface area is 171 Å². The molecule has 3 rings (SSSR count). The number of nitrogens with zero attached hydrogens (tertiary/aromatic N) is 1. The summed E-state index contributed by atoms with van der Waals surface area (Å²) in [6, 6.07) is 8.33. The lowest BCUT2D eigenvalue weighted by molar-refractivity contribution is -0.121. The molecule has 2 amide bonds. The average Bonchev–Trinajstić information content (AvgIpc) is 2.66. The average molecular weight is 430 g/mol. The Morgan fingerprint density at radius 3 is 2.41 bits per heavy atom. The van der Waals surface area contributed by atoms with Crippen molar-refractivity contribution in [3.63, 3.8) is 0 Å². The summed E-state index contributed by atoms with van der Waals surface area (Å²) in [5, 5.41) is 3.62. The van der Waals surface area contributed by atoms with Crippen molar-refractivity contribution in [1.82, 2.24) is 4.90 Å². The van der Waals surface area contributed by atoms with Crippen LogP contribution in [0.5, 0.6) is 0 Å². The van der Waals surface area contributed by atoms with Crippen molar-refractivity contribution in [2.24, 2.45) is 5.92 Å². The molecule has 1 N–H and O–H groups in total. The van der Waals surface area contributed by atoms with Crippen molar-refractivity contribution in [1.29, 1.82) is 0 Å². The number of carbonyl (C=O) groups is 2. The molecule has 1 aliphatic rings. The first kappa shape index (κ1) is 19.9. The Morgan fingerprint density at radius 2 is 1.70 bits per heavy atom. The van der Waals surface area contributed by atoms with Crippen molar-refractivity contribution in [3.05, 3.63) is 62.8 Å². The molecule has 1 atom stereocenters. The fourth-order valence-electron chi connectivity index (χ4n) is 3.00. The van der Waals surface area contributed by atoms with Gasteiger partial charge in [-0.25, -0.2) is 4.39 Å². The predicted octanol–water partition coefficient (Wildman–Crippen LogP) is 5.28. The molecule has 0 radical (unpaired) electrons. The molecule has 1 heterocycles. The molecule has 2 aromatic carbocycles. The van der Waals surface area contributed by atoms with E-state index in [4.69, 9.17) is 34.8 Å². The van der Waals surface area contributed by atoms with Crippen LogP contribution in [0, 0.1) is 11.7 Å².